The molecule has 0 radical (unpaired) electrons. The normalized spacial score (nSPS) is 21.6. The van der Waals surface area contributed by atoms with Crippen LogP contribution in [0.4, 0.5) is 0 Å². The van der Waals surface area contributed by atoms with Crippen LogP contribution >= 0.6 is 0 Å². The molecule has 0 aromatic rings. The van der Waals surface area contributed by atoms with E-state index in [1.165, 1.54) is 6.26 Å². The van der Waals surface area contributed by atoms with Gasteiger partial charge in [-0.05, 0) is 39.7 Å². The molecule has 0 spiro atoms. The minimum Gasteiger partial charge on any atom is -0.351 e. The second-order valence-corrected chi connectivity index (χ2v) is 8.06. The average molecular weight is 276 g/mol. The zero-order valence-electron chi connectivity index (χ0n) is 11.5. The second-order valence-electron chi connectivity index (χ2n) is 5.80. The Morgan fingerprint density at radius 3 is 2.61 bits per heavy atom. The molecule has 1 heterocycles. The summed E-state index contributed by atoms with van der Waals surface area (Å²) < 4.78 is 22.3. The van der Waals surface area contributed by atoms with Gasteiger partial charge in [-0.15, -0.1) is 0 Å². The van der Waals surface area contributed by atoms with E-state index < -0.39 is 15.4 Å². The first kappa shape index (κ1) is 15.4. The number of piperidine rings is 1. The van der Waals surface area contributed by atoms with Crippen LogP contribution in [0.25, 0.3) is 0 Å². The fourth-order valence-electron chi connectivity index (χ4n) is 2.01. The fourth-order valence-corrected chi connectivity index (χ4v) is 2.90. The van der Waals surface area contributed by atoms with Gasteiger partial charge in [-0.1, -0.05) is 0 Å². The molecule has 2 N–H and O–H groups in total. The van der Waals surface area contributed by atoms with Gasteiger partial charge in [0.25, 0.3) is 0 Å². The summed E-state index contributed by atoms with van der Waals surface area (Å²) in [4.78, 5) is 12.0. The SMILES string of the molecule is CC(C)(CCS(C)(=O)=O)NC(=O)C1CCCNC1. The van der Waals surface area contributed by atoms with Crippen molar-refractivity contribution in [1.82, 2.24) is 10.6 Å². The number of rotatable bonds is 5. The van der Waals surface area contributed by atoms with Crippen molar-refractivity contribution >= 4 is 15.7 Å². The van der Waals surface area contributed by atoms with Gasteiger partial charge in [0.2, 0.25) is 5.91 Å². The van der Waals surface area contributed by atoms with Crippen molar-refractivity contribution in [3.8, 4) is 0 Å². The summed E-state index contributed by atoms with van der Waals surface area (Å²) in [5, 5.41) is 6.16. The zero-order chi connectivity index (χ0) is 13.8. The van der Waals surface area contributed by atoms with Crippen LogP contribution in [0, 0.1) is 5.92 Å². The van der Waals surface area contributed by atoms with Gasteiger partial charge in [-0.3, -0.25) is 4.79 Å². The lowest BCUT2D eigenvalue weighted by Crippen LogP contribution is -2.49. The monoisotopic (exact) mass is 276 g/mol. The molecule has 6 heteroatoms. The van der Waals surface area contributed by atoms with Gasteiger partial charge >= 0.3 is 0 Å². The first-order valence-electron chi connectivity index (χ1n) is 6.40. The molecule has 0 aliphatic carbocycles. The highest BCUT2D eigenvalue weighted by Gasteiger charge is 2.27. The number of nitrogens with one attached hydrogen (secondary N) is 2. The van der Waals surface area contributed by atoms with E-state index >= 15 is 0 Å². The van der Waals surface area contributed by atoms with E-state index in [0.29, 0.717) is 13.0 Å². The molecule has 1 aliphatic heterocycles. The Kier molecular flexibility index (Phi) is 5.16. The molecule has 0 saturated carbocycles. The maximum absolute atomic E-state index is 12.0. The largest absolute Gasteiger partial charge is 0.351 e. The number of sulfone groups is 1. The Morgan fingerprint density at radius 1 is 1.44 bits per heavy atom. The third kappa shape index (κ3) is 5.82. The Balaban J connectivity index is 2.45. The molecule has 1 atom stereocenters. The highest BCUT2D eigenvalue weighted by molar-refractivity contribution is 7.90. The summed E-state index contributed by atoms with van der Waals surface area (Å²) in [6.45, 7) is 5.42. The Bertz CT molecular complexity index is 384. The Hall–Kier alpha value is -0.620. The van der Waals surface area contributed by atoms with Gasteiger partial charge in [-0.2, -0.15) is 0 Å². The second kappa shape index (κ2) is 6.02. The van der Waals surface area contributed by atoms with Crippen LogP contribution in [0.1, 0.15) is 33.1 Å². The van der Waals surface area contributed by atoms with Crippen LogP contribution in [0.15, 0.2) is 0 Å². The van der Waals surface area contributed by atoms with Crippen molar-refractivity contribution in [2.24, 2.45) is 5.92 Å². The molecule has 1 unspecified atom stereocenters. The van der Waals surface area contributed by atoms with Crippen LogP contribution in [0.5, 0.6) is 0 Å². The number of carbonyl (C=O) groups is 1. The lowest BCUT2D eigenvalue weighted by Gasteiger charge is -2.30. The van der Waals surface area contributed by atoms with Crippen molar-refractivity contribution in [2.45, 2.75) is 38.6 Å². The first-order valence-corrected chi connectivity index (χ1v) is 8.46. The van der Waals surface area contributed by atoms with Gasteiger partial charge < -0.3 is 10.6 Å². The van der Waals surface area contributed by atoms with Gasteiger partial charge in [-0.25, -0.2) is 8.42 Å². The summed E-state index contributed by atoms with van der Waals surface area (Å²) >= 11 is 0. The maximum atomic E-state index is 12.0. The molecular weight excluding hydrogens is 252 g/mol. The lowest BCUT2D eigenvalue weighted by molar-refractivity contribution is -0.127. The van der Waals surface area contributed by atoms with Crippen LogP contribution < -0.4 is 10.6 Å². The summed E-state index contributed by atoms with van der Waals surface area (Å²) in [5.74, 6) is 0.139. The standard InChI is InChI=1S/C12H24N2O3S/c1-12(2,6-8-18(3,16)17)14-11(15)10-5-4-7-13-9-10/h10,13H,4-9H2,1-3H3,(H,14,15). The summed E-state index contributed by atoms with van der Waals surface area (Å²) in [6.07, 6.45) is 3.58. The van der Waals surface area contributed by atoms with Crippen LogP contribution in [-0.2, 0) is 14.6 Å². The van der Waals surface area contributed by atoms with E-state index in [4.69, 9.17) is 0 Å². The van der Waals surface area contributed by atoms with Crippen molar-refractivity contribution < 1.29 is 13.2 Å². The Labute approximate surface area is 110 Å². The molecule has 1 fully saturated rings. The zero-order valence-corrected chi connectivity index (χ0v) is 12.3. The number of carbonyl (C=O) groups excluding carboxylic acids is 1. The van der Waals surface area contributed by atoms with E-state index in [1.54, 1.807) is 0 Å². The van der Waals surface area contributed by atoms with Crippen molar-refractivity contribution in [3.63, 3.8) is 0 Å². The van der Waals surface area contributed by atoms with E-state index in [9.17, 15) is 13.2 Å². The van der Waals surface area contributed by atoms with E-state index in [1.807, 2.05) is 13.8 Å². The van der Waals surface area contributed by atoms with Crippen molar-refractivity contribution in [2.75, 3.05) is 25.1 Å². The highest BCUT2D eigenvalue weighted by Crippen LogP contribution is 2.15. The van der Waals surface area contributed by atoms with Crippen LogP contribution in [0.2, 0.25) is 0 Å². The molecule has 18 heavy (non-hydrogen) atoms. The molecule has 0 bridgehead atoms. The van der Waals surface area contributed by atoms with Gasteiger partial charge in [0.15, 0.2) is 0 Å². The van der Waals surface area contributed by atoms with Gasteiger partial charge in [0.1, 0.15) is 9.84 Å². The smallest absolute Gasteiger partial charge is 0.224 e. The van der Waals surface area contributed by atoms with Crippen LogP contribution in [-0.4, -0.2) is 45.0 Å². The predicted molar refractivity (Wildman–Crippen MR) is 72.1 cm³/mol. The third-order valence-electron chi connectivity index (χ3n) is 3.23. The fraction of sp³-hybridized carbons (Fsp3) is 0.917. The summed E-state index contributed by atoms with van der Waals surface area (Å²) in [5.41, 5.74) is -0.475. The number of hydrogen-bond acceptors (Lipinski definition) is 4. The van der Waals surface area contributed by atoms with Crippen molar-refractivity contribution in [1.29, 1.82) is 0 Å². The van der Waals surface area contributed by atoms with Crippen molar-refractivity contribution in [3.05, 3.63) is 0 Å². The first-order chi connectivity index (χ1) is 8.20. The number of amides is 1. The highest BCUT2D eigenvalue weighted by atomic mass is 32.2. The molecule has 1 saturated heterocycles. The predicted octanol–water partition coefficient (Wildman–Crippen LogP) is 0.316. The summed E-state index contributed by atoms with van der Waals surface area (Å²) in [7, 11) is -2.98. The molecule has 1 aliphatic rings. The van der Waals surface area contributed by atoms with Gasteiger partial charge in [0.05, 0.1) is 11.7 Å². The molecule has 1 amide bonds. The maximum Gasteiger partial charge on any atom is 0.224 e. The summed E-state index contributed by atoms with van der Waals surface area (Å²) in [6, 6.07) is 0. The third-order valence-corrected chi connectivity index (χ3v) is 4.17. The molecule has 1 rings (SSSR count). The minimum atomic E-state index is -2.98. The average Bonchev–Trinajstić information content (AvgIpc) is 2.26. The molecule has 0 aromatic heterocycles. The van der Waals surface area contributed by atoms with E-state index in [0.717, 1.165) is 19.4 Å². The van der Waals surface area contributed by atoms with E-state index in [2.05, 4.69) is 10.6 Å². The molecule has 5 nitrogen and oxygen atoms in total. The lowest BCUT2D eigenvalue weighted by atomic mass is 9.95. The van der Waals surface area contributed by atoms with E-state index in [-0.39, 0.29) is 17.6 Å². The number of hydrogen-bond donors (Lipinski definition) is 2. The topological polar surface area (TPSA) is 75.3 Å². The minimum absolute atomic E-state index is 0.0104. The van der Waals surface area contributed by atoms with Gasteiger partial charge in [0, 0.05) is 18.3 Å². The Morgan fingerprint density at radius 2 is 2.11 bits per heavy atom. The quantitative estimate of drug-likeness (QED) is 0.758. The molecular formula is C12H24N2O3S. The molecule has 0 aromatic carbocycles. The van der Waals surface area contributed by atoms with Crippen LogP contribution in [0.3, 0.4) is 0 Å². The molecule has 106 valence electrons.